The third-order valence-corrected chi connectivity index (χ3v) is 2.62. The summed E-state index contributed by atoms with van der Waals surface area (Å²) >= 11 is 0. The third-order valence-electron chi connectivity index (χ3n) is 2.62. The van der Waals surface area contributed by atoms with Crippen molar-refractivity contribution in [1.29, 1.82) is 0 Å². The van der Waals surface area contributed by atoms with Gasteiger partial charge < -0.3 is 9.84 Å². The van der Waals surface area contributed by atoms with Gasteiger partial charge in [0.05, 0.1) is 11.7 Å². The summed E-state index contributed by atoms with van der Waals surface area (Å²) < 4.78 is 5.27. The normalized spacial score (nSPS) is 19.9. The number of nitrogens with one attached hydrogen (secondary N) is 1. The van der Waals surface area contributed by atoms with Gasteiger partial charge in [-0.25, -0.2) is 0 Å². The lowest BCUT2D eigenvalue weighted by molar-refractivity contribution is 0.282. The molecule has 2 aromatic heterocycles. The first-order valence-electron chi connectivity index (χ1n) is 5.05. The van der Waals surface area contributed by atoms with Crippen LogP contribution < -0.4 is 5.32 Å². The minimum Gasteiger partial charge on any atom is -0.359 e. The van der Waals surface area contributed by atoms with Gasteiger partial charge in [-0.3, -0.25) is 4.98 Å². The minimum absolute atomic E-state index is 0.343. The van der Waals surface area contributed by atoms with Crippen LogP contribution in [0, 0.1) is 0 Å². The van der Waals surface area contributed by atoms with Gasteiger partial charge in [-0.1, -0.05) is 11.2 Å². The molecule has 1 N–H and O–H groups in total. The Hall–Kier alpha value is -1.68. The Morgan fingerprint density at radius 1 is 1.33 bits per heavy atom. The molecular weight excluding hydrogens is 190 g/mol. The van der Waals surface area contributed by atoms with Crippen molar-refractivity contribution >= 4 is 0 Å². The van der Waals surface area contributed by atoms with E-state index in [1.54, 1.807) is 6.20 Å². The molecule has 76 valence electrons. The highest BCUT2D eigenvalue weighted by Crippen LogP contribution is 2.26. The number of pyridine rings is 1. The molecule has 1 aliphatic heterocycles. The van der Waals surface area contributed by atoms with E-state index in [0.717, 1.165) is 30.1 Å². The van der Waals surface area contributed by atoms with E-state index in [1.165, 1.54) is 0 Å². The Balaban J connectivity index is 1.90. The van der Waals surface area contributed by atoms with Crippen molar-refractivity contribution in [3.63, 3.8) is 0 Å². The number of nitrogens with zero attached hydrogens (tertiary/aromatic N) is 2. The highest BCUT2D eigenvalue weighted by Gasteiger charge is 2.23. The summed E-state index contributed by atoms with van der Waals surface area (Å²) in [6.07, 6.45) is 2.88. The fraction of sp³-hybridized carbons (Fsp3) is 0.273. The van der Waals surface area contributed by atoms with E-state index >= 15 is 0 Å². The molecular formula is C11H11N3O. The smallest absolute Gasteiger partial charge is 0.154 e. The Kier molecular flexibility index (Phi) is 1.99. The summed E-state index contributed by atoms with van der Waals surface area (Å²) in [6, 6.07) is 8.06. The average molecular weight is 201 g/mol. The van der Waals surface area contributed by atoms with Crippen LogP contribution in [-0.2, 0) is 0 Å². The predicted molar refractivity (Wildman–Crippen MR) is 55.1 cm³/mol. The molecule has 0 aromatic carbocycles. The molecule has 1 atom stereocenters. The van der Waals surface area contributed by atoms with E-state index in [1.807, 2.05) is 24.3 Å². The van der Waals surface area contributed by atoms with Crippen molar-refractivity contribution in [2.45, 2.75) is 12.5 Å². The standard InChI is InChI=1S/C11H11N3O/c1-2-5-12-8(3-1)10-7-11(15-14-10)9-4-6-13-9/h1-3,5,7,9,13H,4,6H2. The maximum absolute atomic E-state index is 5.27. The van der Waals surface area contributed by atoms with Gasteiger partial charge in [-0.05, 0) is 25.1 Å². The van der Waals surface area contributed by atoms with Gasteiger partial charge in [0.25, 0.3) is 0 Å². The van der Waals surface area contributed by atoms with E-state index in [0.29, 0.717) is 6.04 Å². The lowest BCUT2D eigenvalue weighted by atomic mass is 10.0. The topological polar surface area (TPSA) is 51.0 Å². The van der Waals surface area contributed by atoms with Crippen molar-refractivity contribution in [3.8, 4) is 11.4 Å². The van der Waals surface area contributed by atoms with Crippen LogP contribution in [-0.4, -0.2) is 16.7 Å². The fourth-order valence-electron chi connectivity index (χ4n) is 1.62. The summed E-state index contributed by atoms with van der Waals surface area (Å²) in [5.74, 6) is 0.905. The summed E-state index contributed by atoms with van der Waals surface area (Å²) in [5, 5.41) is 7.28. The highest BCUT2D eigenvalue weighted by molar-refractivity contribution is 5.53. The molecule has 0 amide bonds. The zero-order chi connectivity index (χ0) is 10.1. The second kappa shape index (κ2) is 3.47. The molecule has 1 aliphatic rings. The highest BCUT2D eigenvalue weighted by atomic mass is 16.5. The first kappa shape index (κ1) is 8.61. The second-order valence-electron chi connectivity index (χ2n) is 3.62. The Morgan fingerprint density at radius 3 is 2.93 bits per heavy atom. The molecule has 2 aromatic rings. The maximum Gasteiger partial charge on any atom is 0.154 e. The van der Waals surface area contributed by atoms with Crippen LogP contribution in [0.25, 0.3) is 11.4 Å². The Labute approximate surface area is 87.3 Å². The van der Waals surface area contributed by atoms with Gasteiger partial charge in [0.2, 0.25) is 0 Å². The molecule has 0 aliphatic carbocycles. The van der Waals surface area contributed by atoms with Gasteiger partial charge in [0.1, 0.15) is 5.69 Å². The Morgan fingerprint density at radius 2 is 2.27 bits per heavy atom. The summed E-state index contributed by atoms with van der Waals surface area (Å²) in [4.78, 5) is 4.22. The van der Waals surface area contributed by atoms with Crippen LogP contribution in [0.15, 0.2) is 35.0 Å². The van der Waals surface area contributed by atoms with Gasteiger partial charge in [-0.2, -0.15) is 0 Å². The molecule has 15 heavy (non-hydrogen) atoms. The van der Waals surface area contributed by atoms with Crippen LogP contribution in [0.3, 0.4) is 0 Å². The zero-order valence-corrected chi connectivity index (χ0v) is 8.18. The first-order chi connectivity index (χ1) is 7.43. The molecule has 3 rings (SSSR count). The molecule has 0 saturated carbocycles. The van der Waals surface area contributed by atoms with Gasteiger partial charge in [-0.15, -0.1) is 0 Å². The van der Waals surface area contributed by atoms with Gasteiger partial charge in [0, 0.05) is 12.3 Å². The average Bonchev–Trinajstić information content (AvgIpc) is 2.66. The van der Waals surface area contributed by atoms with E-state index in [2.05, 4.69) is 15.5 Å². The molecule has 1 saturated heterocycles. The van der Waals surface area contributed by atoms with Crippen LogP contribution in [0.2, 0.25) is 0 Å². The van der Waals surface area contributed by atoms with Crippen molar-refractivity contribution < 1.29 is 4.52 Å². The van der Waals surface area contributed by atoms with E-state index in [-0.39, 0.29) is 0 Å². The number of hydrogen-bond acceptors (Lipinski definition) is 4. The molecule has 0 spiro atoms. The molecule has 4 nitrogen and oxygen atoms in total. The van der Waals surface area contributed by atoms with Crippen LogP contribution in [0.5, 0.6) is 0 Å². The lowest BCUT2D eigenvalue weighted by Crippen LogP contribution is -2.34. The fourth-order valence-corrected chi connectivity index (χ4v) is 1.62. The van der Waals surface area contributed by atoms with Crippen molar-refractivity contribution in [2.75, 3.05) is 6.54 Å². The quantitative estimate of drug-likeness (QED) is 0.804. The monoisotopic (exact) mass is 201 g/mol. The van der Waals surface area contributed by atoms with Gasteiger partial charge in [0.15, 0.2) is 5.76 Å². The van der Waals surface area contributed by atoms with Crippen molar-refractivity contribution in [1.82, 2.24) is 15.5 Å². The molecule has 1 unspecified atom stereocenters. The zero-order valence-electron chi connectivity index (χ0n) is 8.18. The predicted octanol–water partition coefficient (Wildman–Crippen LogP) is 1.77. The maximum atomic E-state index is 5.27. The number of hydrogen-bond donors (Lipinski definition) is 1. The Bertz CT molecular complexity index is 448. The molecule has 0 bridgehead atoms. The van der Waals surface area contributed by atoms with Crippen molar-refractivity contribution in [3.05, 3.63) is 36.2 Å². The SMILES string of the molecule is c1ccc(-c2cc(C3CCN3)on2)nc1. The summed E-state index contributed by atoms with van der Waals surface area (Å²) in [7, 11) is 0. The van der Waals surface area contributed by atoms with E-state index in [4.69, 9.17) is 4.52 Å². The van der Waals surface area contributed by atoms with E-state index in [9.17, 15) is 0 Å². The first-order valence-corrected chi connectivity index (χ1v) is 5.05. The minimum atomic E-state index is 0.343. The molecule has 3 heterocycles. The van der Waals surface area contributed by atoms with Crippen molar-refractivity contribution in [2.24, 2.45) is 0 Å². The van der Waals surface area contributed by atoms with Crippen LogP contribution in [0.1, 0.15) is 18.2 Å². The van der Waals surface area contributed by atoms with E-state index < -0.39 is 0 Å². The lowest BCUT2D eigenvalue weighted by Gasteiger charge is -2.24. The molecule has 0 radical (unpaired) electrons. The third kappa shape index (κ3) is 1.53. The number of rotatable bonds is 2. The summed E-state index contributed by atoms with van der Waals surface area (Å²) in [6.45, 7) is 1.06. The molecule has 4 heteroatoms. The largest absolute Gasteiger partial charge is 0.359 e. The van der Waals surface area contributed by atoms with Gasteiger partial charge >= 0.3 is 0 Å². The summed E-state index contributed by atoms with van der Waals surface area (Å²) in [5.41, 5.74) is 1.66. The van der Waals surface area contributed by atoms with Crippen LogP contribution >= 0.6 is 0 Å². The van der Waals surface area contributed by atoms with Crippen LogP contribution in [0.4, 0.5) is 0 Å². The molecule has 1 fully saturated rings. The number of aromatic nitrogens is 2. The second-order valence-corrected chi connectivity index (χ2v) is 3.62.